The van der Waals surface area contributed by atoms with Crippen LogP contribution in [0.1, 0.15) is 0 Å². The Morgan fingerprint density at radius 1 is 0.625 bits per heavy atom. The van der Waals surface area contributed by atoms with Crippen LogP contribution in [0.2, 0.25) is 55.8 Å². The zero-order valence-corrected chi connectivity index (χ0v) is 27.8. The van der Waals surface area contributed by atoms with Crippen LogP contribution >= 0.6 is 47.0 Å². The third kappa shape index (κ3) is 12.9. The van der Waals surface area contributed by atoms with Gasteiger partial charge in [0.25, 0.3) is 0 Å². The topological polar surface area (TPSA) is 0 Å². The Balaban J connectivity index is 0.000000558. The molecule has 0 N–H and O–H groups in total. The van der Waals surface area contributed by atoms with Crippen LogP contribution in [0.25, 0.3) is 0 Å². The van der Waals surface area contributed by atoms with E-state index in [1.807, 2.05) is 47.0 Å². The van der Waals surface area contributed by atoms with Crippen molar-refractivity contribution >= 4 is 104 Å². The Labute approximate surface area is 186 Å². The van der Waals surface area contributed by atoms with Crippen LogP contribution in [0.15, 0.2) is 28.3 Å². The third-order valence-electron chi connectivity index (χ3n) is 2.10. The van der Waals surface area contributed by atoms with Gasteiger partial charge in [0.05, 0.1) is 26.1 Å². The van der Waals surface area contributed by atoms with Crippen molar-refractivity contribution in [3.8, 4) is 0 Å². The molecule has 0 saturated heterocycles. The summed E-state index contributed by atoms with van der Waals surface area (Å²) in [6.45, 7) is 9.48. The number of hydrogen-bond donors (Lipinski definition) is 0. The first kappa shape index (κ1) is 26.7. The monoisotopic (exact) mass is 648 g/mol. The van der Waals surface area contributed by atoms with Crippen molar-refractivity contribution in [2.45, 2.75) is 55.8 Å². The molecule has 0 aromatic carbocycles. The van der Waals surface area contributed by atoms with E-state index in [2.05, 4.69) is 66.6 Å². The molecule has 2 heterocycles. The minimum absolute atomic E-state index is 0.263. The first-order valence-corrected chi connectivity index (χ1v) is 33.5. The van der Waals surface area contributed by atoms with Gasteiger partial charge in [0.2, 0.25) is 0 Å². The average Bonchev–Trinajstić information content (AvgIpc) is 3.06. The van der Waals surface area contributed by atoms with E-state index in [0.29, 0.717) is 0 Å². The molecule has 0 aliphatic carbocycles. The quantitative estimate of drug-likeness (QED) is 0.278. The van der Waals surface area contributed by atoms with Gasteiger partial charge in [-0.25, -0.2) is 0 Å². The fourth-order valence-corrected chi connectivity index (χ4v) is 10.2. The van der Waals surface area contributed by atoms with Gasteiger partial charge in [-0.15, -0.1) is 0 Å². The summed E-state index contributed by atoms with van der Waals surface area (Å²) in [6.07, 6.45) is 0. The molecule has 0 spiro atoms. The number of rotatable bonds is 2. The Hall–Kier alpha value is 2.65. The van der Waals surface area contributed by atoms with Gasteiger partial charge >= 0.3 is 69.2 Å². The first-order valence-electron chi connectivity index (χ1n) is 8.02. The van der Waals surface area contributed by atoms with E-state index in [1.54, 1.807) is 9.06 Å². The maximum absolute atomic E-state index is 2.37. The fraction of sp³-hybridized carbons (Fsp3) is 0.625. The summed E-state index contributed by atoms with van der Waals surface area (Å²) in [5.74, 6) is 0. The summed E-state index contributed by atoms with van der Waals surface area (Å²) in [5, 5.41) is 4.73. The van der Waals surface area contributed by atoms with Crippen LogP contribution in [-0.4, -0.2) is 57.1 Å². The van der Waals surface area contributed by atoms with Crippen molar-refractivity contribution in [1.82, 2.24) is 0 Å². The van der Waals surface area contributed by atoms with Gasteiger partial charge in [-0.05, 0) is 19.9 Å². The van der Waals surface area contributed by atoms with Crippen molar-refractivity contribution in [3.05, 3.63) is 28.3 Å². The van der Waals surface area contributed by atoms with E-state index in [0.717, 1.165) is 0 Å². The number of thioether (sulfide) groups is 4. The zero-order valence-electron chi connectivity index (χ0n) is 16.8. The van der Waals surface area contributed by atoms with Crippen molar-refractivity contribution in [3.63, 3.8) is 0 Å². The van der Waals surface area contributed by atoms with Crippen molar-refractivity contribution < 1.29 is 0 Å². The van der Waals surface area contributed by atoms with Gasteiger partial charge in [0, 0.05) is 0 Å². The number of hydrogen-bond acceptors (Lipinski definition) is 4. The van der Waals surface area contributed by atoms with E-state index >= 15 is 0 Å². The van der Waals surface area contributed by atoms with E-state index in [1.165, 1.54) is 8.47 Å². The molecule has 0 unspecified atom stereocenters. The summed E-state index contributed by atoms with van der Waals surface area (Å²) >= 11 is 6.81. The average molecular weight is 646 g/mol. The second-order valence-electron chi connectivity index (χ2n) is 6.98. The van der Waals surface area contributed by atoms with Gasteiger partial charge in [0.15, 0.2) is 0 Å². The minimum atomic E-state index is -0.543. The fourth-order valence-electron chi connectivity index (χ4n) is 1.13. The molecule has 2 aliphatic rings. The Morgan fingerprint density at radius 2 is 0.875 bits per heavy atom. The second-order valence-corrected chi connectivity index (χ2v) is 34.3. The predicted molar refractivity (Wildman–Crippen MR) is 135 cm³/mol. The SMILES string of the molecule is C[Si](C)C1=CS/C(=C2/SC=C([Si](C)C)S2)S1.[CH3][Sn]([CH3])[CH3].[CH3][Sn]([CH3])[CH3]. The van der Waals surface area contributed by atoms with E-state index in [9.17, 15) is 0 Å². The third-order valence-corrected chi connectivity index (χ3v) is 12.7. The summed E-state index contributed by atoms with van der Waals surface area (Å²) in [6, 6.07) is 0. The van der Waals surface area contributed by atoms with Crippen molar-refractivity contribution in [2.24, 2.45) is 0 Å². The van der Waals surface area contributed by atoms with Crippen LogP contribution in [0, 0.1) is 0 Å². The van der Waals surface area contributed by atoms with Crippen LogP contribution in [-0.2, 0) is 0 Å². The molecular formula is C16H32S4Si2Sn2. The summed E-state index contributed by atoms with van der Waals surface area (Å²) in [4.78, 5) is 14.2. The molecule has 0 atom stereocenters. The van der Waals surface area contributed by atoms with Crippen LogP contribution in [0.5, 0.6) is 0 Å². The molecule has 2 aliphatic heterocycles. The summed E-state index contributed by atoms with van der Waals surface area (Å²) in [7, 11) is -0.526. The molecule has 136 valence electrons. The molecule has 24 heavy (non-hydrogen) atoms. The van der Waals surface area contributed by atoms with Gasteiger partial charge in [-0.1, -0.05) is 73.2 Å². The zero-order chi connectivity index (χ0) is 18.9. The van der Waals surface area contributed by atoms with Crippen LogP contribution < -0.4 is 0 Å². The van der Waals surface area contributed by atoms with Crippen molar-refractivity contribution in [1.29, 1.82) is 0 Å². The predicted octanol–water partition coefficient (Wildman–Crippen LogP) is 8.08. The molecular weight excluding hydrogens is 614 g/mol. The van der Waals surface area contributed by atoms with Gasteiger partial charge in [-0.2, -0.15) is 0 Å². The standard InChI is InChI=1S/C10H14S4Si2.6CH3.2Sn/c1-15(2)7-5-11-9(13-7)10-12-6-8(14-10)16(3)4;;;;;;;;/h5-6H,1-4H3;6*1H3;;/b10-9+;;;;;;;;. The molecule has 8 heteroatoms. The molecule has 4 radical (unpaired) electrons. The molecule has 0 bridgehead atoms. The molecule has 0 aromatic rings. The Bertz CT molecular complexity index is 425. The van der Waals surface area contributed by atoms with Crippen LogP contribution in [0.4, 0.5) is 0 Å². The van der Waals surface area contributed by atoms with Gasteiger partial charge < -0.3 is 0 Å². The molecule has 2 rings (SSSR count). The Morgan fingerprint density at radius 3 is 1.04 bits per heavy atom. The molecule has 0 saturated carbocycles. The molecule has 0 fully saturated rings. The van der Waals surface area contributed by atoms with Crippen LogP contribution in [0.3, 0.4) is 0 Å². The normalized spacial score (nSPS) is 20.1. The molecule has 0 aromatic heterocycles. The van der Waals surface area contributed by atoms with Gasteiger partial charge in [-0.3, -0.25) is 0 Å². The van der Waals surface area contributed by atoms with Crippen molar-refractivity contribution in [2.75, 3.05) is 0 Å². The first-order chi connectivity index (χ1) is 11.0. The molecule has 0 amide bonds. The van der Waals surface area contributed by atoms with E-state index < -0.39 is 39.5 Å². The second kappa shape index (κ2) is 14.6. The Kier molecular flexibility index (Phi) is 16.2. The summed E-state index contributed by atoms with van der Waals surface area (Å²) in [5.41, 5.74) is 0. The molecule has 0 nitrogen and oxygen atoms in total. The van der Waals surface area contributed by atoms with E-state index in [4.69, 9.17) is 0 Å². The summed E-state index contributed by atoms with van der Waals surface area (Å²) < 4.78 is 6.27. The maximum atomic E-state index is 2.37. The van der Waals surface area contributed by atoms with E-state index in [-0.39, 0.29) is 17.6 Å². The van der Waals surface area contributed by atoms with Gasteiger partial charge in [0.1, 0.15) is 0 Å².